The van der Waals surface area contributed by atoms with Crippen LogP contribution in [0, 0.1) is 17.2 Å². The molecule has 3 rings (SSSR count). The molecule has 2 saturated heterocycles. The third-order valence-corrected chi connectivity index (χ3v) is 5.68. The lowest BCUT2D eigenvalue weighted by Gasteiger charge is -2.48. The molecule has 162 valence electrons. The fraction of sp³-hybridized carbons (Fsp3) is 0.591. The first-order chi connectivity index (χ1) is 13.9. The summed E-state index contributed by atoms with van der Waals surface area (Å²) in [5, 5.41) is 9.29. The smallest absolute Gasteiger partial charge is 0.416 e. The van der Waals surface area contributed by atoms with Gasteiger partial charge >= 0.3 is 12.3 Å². The number of fused-ring (bicyclic) bond motifs is 2. The summed E-state index contributed by atoms with van der Waals surface area (Å²) in [5.41, 5.74) is -1.84. The number of Topliss-reactive ketones (excluding diaryl/α,β-unsaturated/α-hetero) is 1. The third kappa shape index (κ3) is 4.61. The molecule has 2 aliphatic heterocycles. The average Bonchev–Trinajstić information content (AvgIpc) is 2.63. The summed E-state index contributed by atoms with van der Waals surface area (Å²) >= 11 is 0. The molecule has 2 heterocycles. The van der Waals surface area contributed by atoms with Gasteiger partial charge in [-0.25, -0.2) is 4.79 Å². The fourth-order valence-electron chi connectivity index (χ4n) is 4.45. The van der Waals surface area contributed by atoms with E-state index in [9.17, 15) is 28.0 Å². The van der Waals surface area contributed by atoms with Crippen LogP contribution in [0.3, 0.4) is 0 Å². The van der Waals surface area contributed by atoms with Crippen molar-refractivity contribution in [3.05, 3.63) is 34.9 Å². The minimum Gasteiger partial charge on any atom is -0.444 e. The SMILES string of the molecule is CC(C)(C)OC(=O)N1C2CCCC1CC(C(=O)c1cc(C(F)(F)F)ccc1C#N)C2. The van der Waals surface area contributed by atoms with Crippen molar-refractivity contribution in [1.82, 2.24) is 4.90 Å². The van der Waals surface area contributed by atoms with Crippen molar-refractivity contribution in [2.45, 2.75) is 76.7 Å². The molecule has 5 nitrogen and oxygen atoms in total. The van der Waals surface area contributed by atoms with Crippen LogP contribution in [0.25, 0.3) is 0 Å². The standard InChI is InChI=1S/C22H25F3N2O3/c1-21(2,3)30-20(29)27-16-5-4-6-17(27)10-14(9-16)19(28)18-11-15(22(23,24)25)8-7-13(18)12-26/h7-8,11,14,16-17H,4-6,9-10H2,1-3H3. The zero-order valence-corrected chi connectivity index (χ0v) is 17.3. The Kier molecular flexibility index (Phi) is 5.85. The van der Waals surface area contributed by atoms with E-state index >= 15 is 0 Å². The van der Waals surface area contributed by atoms with E-state index in [4.69, 9.17) is 4.74 Å². The molecule has 2 unspecified atom stereocenters. The van der Waals surface area contributed by atoms with E-state index in [-0.39, 0.29) is 23.2 Å². The average molecular weight is 422 g/mol. The number of nitrogens with zero attached hydrogens (tertiary/aromatic N) is 2. The van der Waals surface area contributed by atoms with Crippen molar-refractivity contribution >= 4 is 11.9 Å². The van der Waals surface area contributed by atoms with E-state index in [1.54, 1.807) is 25.7 Å². The van der Waals surface area contributed by atoms with E-state index in [0.717, 1.165) is 24.6 Å². The van der Waals surface area contributed by atoms with E-state index in [1.807, 2.05) is 6.07 Å². The Hall–Kier alpha value is -2.56. The number of ketones is 1. The van der Waals surface area contributed by atoms with Crippen LogP contribution in [0.4, 0.5) is 18.0 Å². The summed E-state index contributed by atoms with van der Waals surface area (Å²) in [4.78, 5) is 27.5. The van der Waals surface area contributed by atoms with E-state index in [0.29, 0.717) is 25.7 Å². The molecule has 2 fully saturated rings. The van der Waals surface area contributed by atoms with Crippen molar-refractivity contribution < 1.29 is 27.5 Å². The maximum absolute atomic E-state index is 13.1. The first-order valence-corrected chi connectivity index (χ1v) is 10.1. The van der Waals surface area contributed by atoms with Gasteiger partial charge in [-0.2, -0.15) is 18.4 Å². The monoisotopic (exact) mass is 422 g/mol. The van der Waals surface area contributed by atoms with Crippen LogP contribution in [0.15, 0.2) is 18.2 Å². The number of amides is 1. The number of alkyl halides is 3. The molecule has 0 N–H and O–H groups in total. The predicted molar refractivity (Wildman–Crippen MR) is 103 cm³/mol. The predicted octanol–water partition coefficient (Wildman–Crippen LogP) is 5.33. The van der Waals surface area contributed by atoms with Gasteiger partial charge in [-0.1, -0.05) is 0 Å². The van der Waals surface area contributed by atoms with Gasteiger partial charge in [0.15, 0.2) is 5.78 Å². The lowest BCUT2D eigenvalue weighted by molar-refractivity contribution is -0.137. The number of carbonyl (C=O) groups is 2. The molecule has 1 amide bonds. The molecule has 0 aliphatic carbocycles. The van der Waals surface area contributed by atoms with Crippen LogP contribution in [-0.4, -0.2) is 34.5 Å². The molecule has 0 radical (unpaired) electrons. The Labute approximate surface area is 173 Å². The Morgan fingerprint density at radius 2 is 1.73 bits per heavy atom. The minimum atomic E-state index is -4.60. The zero-order valence-electron chi connectivity index (χ0n) is 17.3. The molecular weight excluding hydrogens is 397 g/mol. The fourth-order valence-corrected chi connectivity index (χ4v) is 4.45. The van der Waals surface area contributed by atoms with E-state index < -0.39 is 35.1 Å². The summed E-state index contributed by atoms with van der Waals surface area (Å²) in [6.07, 6.45) is -1.95. The van der Waals surface area contributed by atoms with Gasteiger partial charge in [0.2, 0.25) is 0 Å². The number of carbonyl (C=O) groups excluding carboxylic acids is 2. The van der Waals surface area contributed by atoms with Gasteiger partial charge in [0.05, 0.1) is 17.2 Å². The maximum Gasteiger partial charge on any atom is 0.416 e. The van der Waals surface area contributed by atoms with Crippen LogP contribution in [-0.2, 0) is 10.9 Å². The first kappa shape index (κ1) is 22.1. The number of nitriles is 1. The summed E-state index contributed by atoms with van der Waals surface area (Å²) in [6, 6.07) is 4.07. The Morgan fingerprint density at radius 3 is 2.23 bits per heavy atom. The van der Waals surface area contributed by atoms with Crippen LogP contribution in [0.2, 0.25) is 0 Å². The Morgan fingerprint density at radius 1 is 1.13 bits per heavy atom. The van der Waals surface area contributed by atoms with Crippen LogP contribution in [0.1, 0.15) is 74.4 Å². The van der Waals surface area contributed by atoms with Gasteiger partial charge in [0, 0.05) is 23.6 Å². The van der Waals surface area contributed by atoms with Gasteiger partial charge in [-0.3, -0.25) is 4.79 Å². The summed E-state index contributed by atoms with van der Waals surface area (Å²) < 4.78 is 44.9. The highest BCUT2D eigenvalue weighted by molar-refractivity contribution is 6.00. The lowest BCUT2D eigenvalue weighted by atomic mass is 9.75. The number of halogens is 3. The molecule has 30 heavy (non-hydrogen) atoms. The molecule has 2 bridgehead atoms. The molecule has 1 aromatic rings. The molecule has 0 aromatic heterocycles. The van der Waals surface area contributed by atoms with Crippen LogP contribution < -0.4 is 0 Å². The second-order valence-electron chi connectivity index (χ2n) is 9.03. The number of rotatable bonds is 2. The third-order valence-electron chi connectivity index (χ3n) is 5.68. The van der Waals surface area contributed by atoms with Gasteiger partial charge < -0.3 is 9.64 Å². The van der Waals surface area contributed by atoms with E-state index in [1.165, 1.54) is 0 Å². The topological polar surface area (TPSA) is 70.4 Å². The lowest BCUT2D eigenvalue weighted by Crippen LogP contribution is -2.56. The molecule has 0 spiro atoms. The molecule has 2 atom stereocenters. The molecule has 2 aliphatic rings. The van der Waals surface area contributed by atoms with Gasteiger partial charge in [-0.05, 0) is 71.1 Å². The number of hydrogen-bond donors (Lipinski definition) is 0. The zero-order chi connectivity index (χ0) is 22.3. The minimum absolute atomic E-state index is 0.0623. The van der Waals surface area contributed by atoms with Crippen molar-refractivity contribution in [3.8, 4) is 6.07 Å². The Balaban J connectivity index is 1.85. The molecule has 0 saturated carbocycles. The highest BCUT2D eigenvalue weighted by Crippen LogP contribution is 2.40. The number of hydrogen-bond acceptors (Lipinski definition) is 4. The summed E-state index contributed by atoms with van der Waals surface area (Å²) in [5.74, 6) is -0.993. The van der Waals surface area contributed by atoms with Gasteiger partial charge in [0.25, 0.3) is 0 Å². The Bertz CT molecular complexity index is 869. The van der Waals surface area contributed by atoms with Crippen molar-refractivity contribution in [2.75, 3.05) is 0 Å². The van der Waals surface area contributed by atoms with Crippen LogP contribution >= 0.6 is 0 Å². The highest BCUT2D eigenvalue weighted by Gasteiger charge is 2.45. The van der Waals surface area contributed by atoms with Crippen LogP contribution in [0.5, 0.6) is 0 Å². The summed E-state index contributed by atoms with van der Waals surface area (Å²) in [7, 11) is 0. The van der Waals surface area contributed by atoms with Gasteiger partial charge in [0.1, 0.15) is 5.60 Å². The highest BCUT2D eigenvalue weighted by atomic mass is 19.4. The largest absolute Gasteiger partial charge is 0.444 e. The molecule has 1 aromatic carbocycles. The van der Waals surface area contributed by atoms with Crippen molar-refractivity contribution in [2.24, 2.45) is 5.92 Å². The normalized spacial score (nSPS) is 24.2. The van der Waals surface area contributed by atoms with Crippen molar-refractivity contribution in [1.29, 1.82) is 5.26 Å². The second-order valence-corrected chi connectivity index (χ2v) is 9.03. The van der Waals surface area contributed by atoms with Crippen molar-refractivity contribution in [3.63, 3.8) is 0 Å². The first-order valence-electron chi connectivity index (χ1n) is 10.1. The molecular formula is C22H25F3N2O3. The maximum atomic E-state index is 13.1. The van der Waals surface area contributed by atoms with Gasteiger partial charge in [-0.15, -0.1) is 0 Å². The number of ether oxygens (including phenoxy) is 1. The molecule has 8 heteroatoms. The summed E-state index contributed by atoms with van der Waals surface area (Å²) in [6.45, 7) is 5.36. The van der Waals surface area contributed by atoms with E-state index in [2.05, 4.69) is 0 Å². The number of piperidine rings is 2. The number of benzene rings is 1. The quantitative estimate of drug-likeness (QED) is 0.604. The second kappa shape index (κ2) is 7.93.